The van der Waals surface area contributed by atoms with E-state index in [1.54, 1.807) is 18.5 Å². The number of benzene rings is 5. The minimum Gasteiger partial charge on any atom is -0.492 e. The largest absolute Gasteiger partial charge is 0.492 e. The van der Waals surface area contributed by atoms with Crippen LogP contribution in [0.25, 0.3) is 44.5 Å². The van der Waals surface area contributed by atoms with Gasteiger partial charge in [0.1, 0.15) is 63.8 Å². The molecule has 1 N–H and O–H groups in total. The number of aromatic nitrogens is 11. The molecule has 0 saturated heterocycles. The Bertz CT molecular complexity index is 5490. The lowest BCUT2D eigenvalue weighted by molar-refractivity contribution is 0.0711. The third-order valence-electron chi connectivity index (χ3n) is 20.9. The maximum absolute atomic E-state index is 14.1. The number of halogens is 6. The second kappa shape index (κ2) is 48.9. The Kier molecular flexibility index (Phi) is 38.1. The van der Waals surface area contributed by atoms with E-state index < -0.39 is 17.5 Å². The Morgan fingerprint density at radius 1 is 0.524 bits per heavy atom. The van der Waals surface area contributed by atoms with Crippen LogP contribution in [0.1, 0.15) is 211 Å². The lowest BCUT2D eigenvalue weighted by Crippen LogP contribution is -2.34. The zero-order chi connectivity index (χ0) is 88.8. The molecule has 0 aliphatic heterocycles. The standard InChI is InChI=1S/C29H43N5O3.C24H27Br3N4O.C22H27BrN4O.C21H21F2N3O/c1-6-15-34-27(32-26-11-8-12-31-28(26)34)20-33(19-22(2)3)29(35)24-9-7-10-25(18-24)37-17-14-30-13-16-36-21-23(4)5;1-15(2)11-13-30(24(32)21-17(25)9-10-18(26)22(21)27)14-20-29-19-8-5-12-28-23(19)31(20)16-6-3-4-7-16;1-3-5-8-15-26(22(28)17-10-6-7-11-18(17)23)16-20-25-19-12-9-13-24-21(19)27(20)14-4-2;1-3-11-25(21(27)16-13-15(22)9-10-17(16)23)14-20-24-18-7-5-6-8-19(18)26(20)12-4-2/h7-12,18,22-23,30H,6,13-17,19-21H2,1-5H3;5,8-10,12,15-16H,3-4,6-7,11,13-14H2,1-2H3;6-7,9-13H,3-5,8,14-16H2,1-2H3;3,5-10,13H,1,4,11-12,14H2,2H3. The van der Waals surface area contributed by atoms with Crippen molar-refractivity contribution in [1.29, 1.82) is 0 Å². The number of ether oxygens (including phenoxy) is 2. The second-order valence-corrected chi connectivity index (χ2v) is 35.6. The van der Waals surface area contributed by atoms with Crippen LogP contribution in [0, 0.1) is 29.4 Å². The minimum atomic E-state index is -0.752. The number of unbranched alkanes of at least 4 members (excludes halogenated alkanes) is 2. The number of rotatable bonds is 39. The molecule has 0 radical (unpaired) electrons. The normalized spacial score (nSPS) is 12.1. The zero-order valence-corrected chi connectivity index (χ0v) is 79.5. The van der Waals surface area contributed by atoms with Crippen LogP contribution in [0.15, 0.2) is 189 Å². The predicted octanol–water partition coefficient (Wildman–Crippen LogP) is 22.3. The number of imidazole rings is 4. The number of pyridine rings is 3. The van der Waals surface area contributed by atoms with Gasteiger partial charge in [-0.3, -0.25) is 19.2 Å². The van der Waals surface area contributed by atoms with Gasteiger partial charge in [0.15, 0.2) is 16.9 Å². The van der Waals surface area contributed by atoms with Crippen LogP contribution in [-0.4, -0.2) is 155 Å². The Morgan fingerprint density at radius 2 is 1.08 bits per heavy atom. The number of hydrogen-bond donors (Lipinski definition) is 1. The van der Waals surface area contributed by atoms with Crippen LogP contribution in [0.4, 0.5) is 8.78 Å². The molecule has 1 aliphatic carbocycles. The predicted molar refractivity (Wildman–Crippen MR) is 504 cm³/mol. The number of para-hydroxylation sites is 2. The highest BCUT2D eigenvalue weighted by Crippen LogP contribution is 2.37. The van der Waals surface area contributed by atoms with Crippen molar-refractivity contribution in [3.8, 4) is 5.75 Å². The molecular weight excluding hydrogens is 1830 g/mol. The van der Waals surface area contributed by atoms with E-state index in [9.17, 15) is 28.0 Å². The fourth-order valence-electron chi connectivity index (χ4n) is 15.0. The molecule has 7 aromatic heterocycles. The van der Waals surface area contributed by atoms with Gasteiger partial charge in [-0.1, -0.05) is 131 Å². The highest BCUT2D eigenvalue weighted by atomic mass is 79.9. The van der Waals surface area contributed by atoms with Gasteiger partial charge in [-0.15, -0.1) is 6.58 Å². The molecule has 0 atom stereocenters. The maximum Gasteiger partial charge on any atom is 0.257 e. The van der Waals surface area contributed by atoms with E-state index in [0.29, 0.717) is 105 Å². The first-order valence-corrected chi connectivity index (χ1v) is 46.6. The molecule has 1 aliphatic rings. The van der Waals surface area contributed by atoms with Crippen molar-refractivity contribution >= 4 is 132 Å². The van der Waals surface area contributed by atoms with Crippen LogP contribution >= 0.6 is 63.7 Å². The minimum absolute atomic E-state index is 0.0105. The van der Waals surface area contributed by atoms with Crippen LogP contribution in [0.5, 0.6) is 5.75 Å². The van der Waals surface area contributed by atoms with E-state index in [2.05, 4.69) is 183 Å². The molecule has 28 heteroatoms. The number of carbonyl (C=O) groups excluding carboxylic acids is 4. The third kappa shape index (κ3) is 26.6. The van der Waals surface area contributed by atoms with Crippen molar-refractivity contribution in [1.82, 2.24) is 78.1 Å². The summed E-state index contributed by atoms with van der Waals surface area (Å²) in [4.78, 5) is 93.6. The molecule has 0 unspecified atom stereocenters. The lowest BCUT2D eigenvalue weighted by Gasteiger charge is -2.26. The molecular formula is C96H118Br4F2N16O6. The van der Waals surface area contributed by atoms with Crippen LogP contribution in [0.3, 0.4) is 0 Å². The monoisotopic (exact) mass is 1940 g/mol. The molecule has 0 spiro atoms. The Labute approximate surface area is 762 Å². The van der Waals surface area contributed by atoms with E-state index in [0.717, 1.165) is 195 Å². The van der Waals surface area contributed by atoms with Gasteiger partial charge in [0.05, 0.1) is 60.5 Å². The lowest BCUT2D eigenvalue weighted by atomic mass is 10.1. The number of nitrogens with zero attached hydrogens (tertiary/aromatic N) is 15. The number of amides is 4. The SMILES string of the molecule is C=CCN(Cc1nc2ccccc2n1CCC)C(=O)c1cc(F)ccc1F.CC(C)CCN(Cc1nc2cccnc2n1C1CCCC1)C(=O)c1c(Br)ccc(Br)c1Br.CCCCCN(Cc1nc2cccnc2n1CCC)C(=O)c1ccccc1Br.CCCn1c(CN(CC(C)C)C(=O)c2cccc(OCCNCCOCC(C)C)c2)nc2cccnc21. The van der Waals surface area contributed by atoms with E-state index in [1.807, 2.05) is 142 Å². The molecule has 1 saturated carbocycles. The van der Waals surface area contributed by atoms with Crippen molar-refractivity contribution < 1.29 is 37.4 Å². The first-order chi connectivity index (χ1) is 59.9. The van der Waals surface area contributed by atoms with E-state index in [1.165, 1.54) is 17.7 Å². The summed E-state index contributed by atoms with van der Waals surface area (Å²) in [6.45, 7) is 34.8. The topological polar surface area (TPSA) is 222 Å². The van der Waals surface area contributed by atoms with Crippen molar-refractivity contribution in [2.45, 2.75) is 192 Å². The van der Waals surface area contributed by atoms with Gasteiger partial charge >= 0.3 is 0 Å². The molecule has 660 valence electrons. The van der Waals surface area contributed by atoms with Gasteiger partial charge in [-0.25, -0.2) is 43.7 Å². The molecule has 1 fully saturated rings. The molecule has 0 bridgehead atoms. The summed E-state index contributed by atoms with van der Waals surface area (Å²) < 4.78 is 50.9. The number of aryl methyl sites for hydroxylation is 3. The Morgan fingerprint density at radius 3 is 1.72 bits per heavy atom. The molecule has 13 rings (SSSR count). The highest BCUT2D eigenvalue weighted by Gasteiger charge is 2.31. The molecule has 4 amide bonds. The van der Waals surface area contributed by atoms with Gasteiger partial charge < -0.3 is 52.7 Å². The molecule has 7 heterocycles. The van der Waals surface area contributed by atoms with Crippen molar-refractivity contribution in [3.05, 3.63) is 246 Å². The average Bonchev–Trinajstić information content (AvgIpc) is 1.61. The maximum atomic E-state index is 14.1. The summed E-state index contributed by atoms with van der Waals surface area (Å²) in [6.07, 6.45) is 18.7. The number of nitrogens with one attached hydrogen (secondary N) is 1. The number of carbonyl (C=O) groups is 4. The summed E-state index contributed by atoms with van der Waals surface area (Å²) in [5.74, 6) is 3.42. The van der Waals surface area contributed by atoms with Crippen molar-refractivity contribution in [2.24, 2.45) is 17.8 Å². The third-order valence-corrected chi connectivity index (χ3v) is 24.3. The molecule has 124 heavy (non-hydrogen) atoms. The van der Waals surface area contributed by atoms with Gasteiger partial charge in [0, 0.05) is 114 Å². The summed E-state index contributed by atoms with van der Waals surface area (Å²) in [5, 5.41) is 3.32. The van der Waals surface area contributed by atoms with Gasteiger partial charge in [0.25, 0.3) is 23.6 Å². The number of fused-ring (bicyclic) bond motifs is 4. The van der Waals surface area contributed by atoms with Gasteiger partial charge in [-0.05, 0) is 236 Å². The average molecular weight is 1950 g/mol. The first kappa shape index (κ1) is 96.8. The smallest absolute Gasteiger partial charge is 0.257 e. The summed E-state index contributed by atoms with van der Waals surface area (Å²) in [7, 11) is 0. The summed E-state index contributed by atoms with van der Waals surface area (Å²) in [5.41, 5.74) is 8.78. The van der Waals surface area contributed by atoms with Crippen LogP contribution in [-0.2, 0) is 50.6 Å². The number of hydrogen-bond acceptors (Lipinski definition) is 14. The zero-order valence-electron chi connectivity index (χ0n) is 73.1. The second-order valence-electron chi connectivity index (χ2n) is 32.2. The Balaban J connectivity index is 0.000000174. The van der Waals surface area contributed by atoms with Crippen LogP contribution < -0.4 is 10.1 Å². The Hall–Kier alpha value is -9.45. The van der Waals surface area contributed by atoms with Gasteiger partial charge in [-0.2, -0.15) is 0 Å². The molecule has 22 nitrogen and oxygen atoms in total. The molecule has 12 aromatic rings. The van der Waals surface area contributed by atoms with E-state index in [4.69, 9.17) is 24.4 Å². The van der Waals surface area contributed by atoms with Crippen LogP contribution in [0.2, 0.25) is 0 Å². The van der Waals surface area contributed by atoms with Crippen molar-refractivity contribution in [3.63, 3.8) is 0 Å². The van der Waals surface area contributed by atoms with Gasteiger partial charge in [0.2, 0.25) is 0 Å². The first-order valence-electron chi connectivity index (χ1n) is 43.4. The van der Waals surface area contributed by atoms with Crippen molar-refractivity contribution in [2.75, 3.05) is 59.1 Å². The highest BCUT2D eigenvalue weighted by molar-refractivity contribution is 9.13. The van der Waals surface area contributed by atoms with E-state index >= 15 is 0 Å². The fraction of sp³-hybridized carbons (Fsp3) is 0.427. The summed E-state index contributed by atoms with van der Waals surface area (Å²) >= 11 is 14.3. The van der Waals surface area contributed by atoms with E-state index in [-0.39, 0.29) is 36.4 Å². The molecule has 5 aromatic carbocycles. The fourth-order valence-corrected chi connectivity index (χ4v) is 17.0. The summed E-state index contributed by atoms with van der Waals surface area (Å²) in [6, 6.07) is 41.6. The quantitative estimate of drug-likeness (QED) is 0.0215.